The Morgan fingerprint density at radius 1 is 1.32 bits per heavy atom. The van der Waals surface area contributed by atoms with Gasteiger partial charge in [0.1, 0.15) is 17.3 Å². The van der Waals surface area contributed by atoms with Gasteiger partial charge in [-0.1, -0.05) is 17.7 Å². The average Bonchev–Trinajstić information content (AvgIpc) is 2.53. The van der Waals surface area contributed by atoms with Crippen molar-refractivity contribution < 1.29 is 18.0 Å². The summed E-state index contributed by atoms with van der Waals surface area (Å²) in [5.74, 6) is -0.129. The Bertz CT molecular complexity index is 808. The Kier molecular flexibility index (Phi) is 5.63. The number of aromatic nitrogens is 2. The van der Waals surface area contributed by atoms with Gasteiger partial charge in [0.25, 0.3) is 5.91 Å². The highest BCUT2D eigenvalue weighted by Crippen LogP contribution is 2.36. The highest BCUT2D eigenvalue weighted by atomic mass is 35.5. The molecule has 1 heterocycles. The molecule has 0 spiro atoms. The summed E-state index contributed by atoms with van der Waals surface area (Å²) in [5.41, 5.74) is -1.51. The standard InChI is InChI=1S/C16H14ClF3N4O/c1-3-6-21-14-8-13(22-9(2)23-14)15(25)24-12-5-4-10(17)7-11(12)16(18,19)20/h3-5,7-8H,1,6H2,2H3,(H,24,25)(H,21,22,23). The Morgan fingerprint density at radius 3 is 2.68 bits per heavy atom. The second kappa shape index (κ2) is 7.52. The topological polar surface area (TPSA) is 66.9 Å². The van der Waals surface area contributed by atoms with E-state index in [0.29, 0.717) is 18.2 Å². The van der Waals surface area contributed by atoms with Crippen LogP contribution < -0.4 is 10.6 Å². The first-order chi connectivity index (χ1) is 11.7. The number of anilines is 2. The third-order valence-corrected chi connectivity index (χ3v) is 3.27. The molecule has 0 atom stereocenters. The van der Waals surface area contributed by atoms with Crippen molar-refractivity contribution in [2.24, 2.45) is 0 Å². The molecule has 9 heteroatoms. The lowest BCUT2D eigenvalue weighted by Crippen LogP contribution is -2.19. The SMILES string of the molecule is C=CCNc1cc(C(=O)Nc2ccc(Cl)cc2C(F)(F)F)nc(C)n1. The van der Waals surface area contributed by atoms with Crippen LogP contribution in [0.5, 0.6) is 0 Å². The first-order valence-corrected chi connectivity index (χ1v) is 7.47. The number of hydrogen-bond acceptors (Lipinski definition) is 4. The Hall–Kier alpha value is -2.61. The molecule has 0 fully saturated rings. The maximum Gasteiger partial charge on any atom is 0.418 e. The van der Waals surface area contributed by atoms with Crippen LogP contribution in [0.15, 0.2) is 36.9 Å². The number of halogens is 4. The van der Waals surface area contributed by atoms with Crippen LogP contribution in [0.25, 0.3) is 0 Å². The molecule has 1 aromatic heterocycles. The van der Waals surface area contributed by atoms with Gasteiger partial charge in [-0.25, -0.2) is 9.97 Å². The van der Waals surface area contributed by atoms with Crippen LogP contribution in [0.1, 0.15) is 21.9 Å². The quantitative estimate of drug-likeness (QED) is 0.770. The molecule has 1 aromatic carbocycles. The molecule has 0 aliphatic carbocycles. The van der Waals surface area contributed by atoms with Crippen molar-refractivity contribution in [1.29, 1.82) is 0 Å². The van der Waals surface area contributed by atoms with Crippen molar-refractivity contribution in [3.05, 3.63) is 59.0 Å². The smallest absolute Gasteiger partial charge is 0.366 e. The largest absolute Gasteiger partial charge is 0.418 e. The molecule has 25 heavy (non-hydrogen) atoms. The van der Waals surface area contributed by atoms with Gasteiger partial charge in [0, 0.05) is 17.6 Å². The van der Waals surface area contributed by atoms with E-state index in [-0.39, 0.29) is 10.7 Å². The molecular formula is C16H14ClF3N4O. The molecule has 0 saturated heterocycles. The van der Waals surface area contributed by atoms with Crippen LogP contribution in [-0.2, 0) is 6.18 Å². The van der Waals surface area contributed by atoms with Crippen LogP contribution in [-0.4, -0.2) is 22.4 Å². The highest BCUT2D eigenvalue weighted by Gasteiger charge is 2.34. The maximum absolute atomic E-state index is 13.1. The zero-order valence-corrected chi connectivity index (χ0v) is 13.9. The molecule has 0 unspecified atom stereocenters. The van der Waals surface area contributed by atoms with E-state index < -0.39 is 23.3 Å². The predicted molar refractivity (Wildman–Crippen MR) is 89.9 cm³/mol. The monoisotopic (exact) mass is 370 g/mol. The summed E-state index contributed by atoms with van der Waals surface area (Å²) in [6.07, 6.45) is -3.06. The number of alkyl halides is 3. The number of hydrogen-bond donors (Lipinski definition) is 2. The first kappa shape index (κ1) is 18.7. The van der Waals surface area contributed by atoms with E-state index in [1.807, 2.05) is 0 Å². The van der Waals surface area contributed by atoms with Gasteiger partial charge < -0.3 is 10.6 Å². The maximum atomic E-state index is 13.1. The fraction of sp³-hybridized carbons (Fsp3) is 0.188. The third kappa shape index (κ3) is 4.93. The van der Waals surface area contributed by atoms with Crippen molar-refractivity contribution in [3.8, 4) is 0 Å². The molecule has 1 amide bonds. The van der Waals surface area contributed by atoms with Gasteiger partial charge >= 0.3 is 6.18 Å². The van der Waals surface area contributed by atoms with E-state index in [2.05, 4.69) is 27.2 Å². The summed E-state index contributed by atoms with van der Waals surface area (Å²) in [6.45, 7) is 5.53. The van der Waals surface area contributed by atoms with E-state index >= 15 is 0 Å². The Labute approximate surface area is 146 Å². The molecular weight excluding hydrogens is 357 g/mol. The number of carbonyl (C=O) groups is 1. The van der Waals surface area contributed by atoms with Crippen molar-refractivity contribution in [2.45, 2.75) is 13.1 Å². The molecule has 132 valence electrons. The van der Waals surface area contributed by atoms with Crippen molar-refractivity contribution >= 4 is 29.0 Å². The summed E-state index contributed by atoms with van der Waals surface area (Å²) in [6, 6.07) is 4.44. The summed E-state index contributed by atoms with van der Waals surface area (Å²) >= 11 is 5.62. The molecule has 0 aliphatic heterocycles. The molecule has 0 aliphatic rings. The van der Waals surface area contributed by atoms with Gasteiger partial charge in [0.15, 0.2) is 0 Å². The molecule has 2 aromatic rings. The van der Waals surface area contributed by atoms with Crippen LogP contribution in [0.3, 0.4) is 0 Å². The molecule has 0 saturated carbocycles. The van der Waals surface area contributed by atoms with Gasteiger partial charge in [-0.15, -0.1) is 6.58 Å². The van der Waals surface area contributed by atoms with E-state index in [9.17, 15) is 18.0 Å². The zero-order chi connectivity index (χ0) is 18.6. The molecule has 5 nitrogen and oxygen atoms in total. The van der Waals surface area contributed by atoms with Gasteiger partial charge in [0.05, 0.1) is 11.3 Å². The normalized spacial score (nSPS) is 11.1. The zero-order valence-electron chi connectivity index (χ0n) is 13.1. The number of amides is 1. The molecule has 2 rings (SSSR count). The second-order valence-electron chi connectivity index (χ2n) is 5.00. The van der Waals surface area contributed by atoms with Gasteiger partial charge in [-0.05, 0) is 25.1 Å². The van der Waals surface area contributed by atoms with Crippen LogP contribution >= 0.6 is 11.6 Å². The minimum atomic E-state index is -4.66. The summed E-state index contributed by atoms with van der Waals surface area (Å²) in [7, 11) is 0. The minimum absolute atomic E-state index is 0.0675. The van der Waals surface area contributed by atoms with E-state index in [4.69, 9.17) is 11.6 Å². The Balaban J connectivity index is 2.31. The number of benzene rings is 1. The number of nitrogens with zero attached hydrogens (tertiary/aromatic N) is 2. The number of rotatable bonds is 5. The lowest BCUT2D eigenvalue weighted by Gasteiger charge is -2.14. The van der Waals surface area contributed by atoms with E-state index in [1.54, 1.807) is 13.0 Å². The number of nitrogens with one attached hydrogen (secondary N) is 2. The van der Waals surface area contributed by atoms with Crippen molar-refractivity contribution in [1.82, 2.24) is 9.97 Å². The molecule has 0 bridgehead atoms. The highest BCUT2D eigenvalue weighted by molar-refractivity contribution is 6.30. The van der Waals surface area contributed by atoms with Crippen molar-refractivity contribution in [3.63, 3.8) is 0 Å². The fourth-order valence-corrected chi connectivity index (χ4v) is 2.17. The van der Waals surface area contributed by atoms with Gasteiger partial charge in [-0.3, -0.25) is 4.79 Å². The Morgan fingerprint density at radius 2 is 2.04 bits per heavy atom. The molecule has 2 N–H and O–H groups in total. The number of carbonyl (C=O) groups excluding carboxylic acids is 1. The first-order valence-electron chi connectivity index (χ1n) is 7.09. The lowest BCUT2D eigenvalue weighted by atomic mass is 10.1. The van der Waals surface area contributed by atoms with Crippen molar-refractivity contribution in [2.75, 3.05) is 17.2 Å². The summed E-state index contributed by atoms with van der Waals surface area (Å²) in [4.78, 5) is 20.3. The van der Waals surface area contributed by atoms with E-state index in [0.717, 1.165) is 12.1 Å². The van der Waals surface area contributed by atoms with Gasteiger partial charge in [0.2, 0.25) is 0 Å². The van der Waals surface area contributed by atoms with Crippen LogP contribution in [0.2, 0.25) is 5.02 Å². The second-order valence-corrected chi connectivity index (χ2v) is 5.43. The number of aryl methyl sites for hydroxylation is 1. The van der Waals surface area contributed by atoms with E-state index in [1.165, 1.54) is 12.1 Å². The van der Waals surface area contributed by atoms with Crippen LogP contribution in [0.4, 0.5) is 24.7 Å². The predicted octanol–water partition coefficient (Wildman–Crippen LogP) is 4.31. The minimum Gasteiger partial charge on any atom is -0.366 e. The third-order valence-electron chi connectivity index (χ3n) is 3.03. The van der Waals surface area contributed by atoms with Crippen LogP contribution in [0, 0.1) is 6.92 Å². The average molecular weight is 371 g/mol. The summed E-state index contributed by atoms with van der Waals surface area (Å²) in [5, 5.41) is 5.02. The summed E-state index contributed by atoms with van der Waals surface area (Å²) < 4.78 is 39.3. The molecule has 0 radical (unpaired) electrons. The lowest BCUT2D eigenvalue weighted by molar-refractivity contribution is -0.136. The fourth-order valence-electron chi connectivity index (χ4n) is 2.00. The van der Waals surface area contributed by atoms with Gasteiger partial charge in [-0.2, -0.15) is 13.2 Å².